The maximum absolute atomic E-state index is 13.6. The maximum Gasteiger partial charge on any atom is 0.277 e. The van der Waals surface area contributed by atoms with Crippen molar-refractivity contribution in [2.24, 2.45) is 5.73 Å². The predicted molar refractivity (Wildman–Crippen MR) is 158 cm³/mol. The van der Waals surface area contributed by atoms with Gasteiger partial charge in [0, 0.05) is 36.4 Å². The molecule has 9 heteroatoms. The number of primary amides is 1. The lowest BCUT2D eigenvalue weighted by molar-refractivity contribution is -0.119. The summed E-state index contributed by atoms with van der Waals surface area (Å²) in [5.41, 5.74) is 10.0. The summed E-state index contributed by atoms with van der Waals surface area (Å²) in [6, 6.07) is 24.8. The largest absolute Gasteiger partial charge is 0.497 e. The number of amides is 3. The molecule has 3 amide bonds. The van der Waals surface area contributed by atoms with E-state index in [9.17, 15) is 14.4 Å². The van der Waals surface area contributed by atoms with Crippen LogP contribution in [0.4, 0.5) is 11.4 Å². The number of hydrogen-bond donors (Lipinski definition) is 1. The van der Waals surface area contributed by atoms with Crippen molar-refractivity contribution in [3.05, 3.63) is 101 Å². The van der Waals surface area contributed by atoms with Crippen LogP contribution in [0.5, 0.6) is 5.75 Å². The quantitative estimate of drug-likeness (QED) is 0.387. The Morgan fingerprint density at radius 1 is 0.805 bits per heavy atom. The molecular formula is C32H33N5O4. The fraction of sp³-hybridized carbons (Fsp3) is 0.250. The van der Waals surface area contributed by atoms with E-state index in [2.05, 4.69) is 24.2 Å². The number of hydrogen-bond acceptors (Lipinski definition) is 5. The fourth-order valence-electron chi connectivity index (χ4n) is 5.14. The molecule has 9 nitrogen and oxygen atoms in total. The summed E-state index contributed by atoms with van der Waals surface area (Å²) in [6.45, 7) is 3.18. The Labute approximate surface area is 239 Å². The van der Waals surface area contributed by atoms with Gasteiger partial charge in [0.25, 0.3) is 11.8 Å². The Kier molecular flexibility index (Phi) is 8.14. The summed E-state index contributed by atoms with van der Waals surface area (Å²) < 4.78 is 6.69. The van der Waals surface area contributed by atoms with Gasteiger partial charge in [-0.15, -0.1) is 0 Å². The molecule has 0 atom stereocenters. The standard InChI is InChI=1S/C25H25N5O4.C7H8/c1-34-19-11-9-18(10-12-19)30-23-20(22(27-30)24(26)32)13-15-29(25(23)33)17-7-5-16(6-8-17)28-14-3-2-4-21(28)31;1-7-5-3-2-4-6-7/h5-12H,2-4,13-15H2,1H3,(H2,26,32);2-6H,1H3. The number of piperidine rings is 1. The monoisotopic (exact) mass is 551 g/mol. The molecule has 2 aliphatic heterocycles. The van der Waals surface area contributed by atoms with E-state index in [1.165, 1.54) is 10.2 Å². The van der Waals surface area contributed by atoms with Crippen molar-refractivity contribution in [1.82, 2.24) is 9.78 Å². The second-order valence-corrected chi connectivity index (χ2v) is 10.0. The number of nitrogens with zero attached hydrogens (tertiary/aromatic N) is 4. The number of aromatic nitrogens is 2. The van der Waals surface area contributed by atoms with Gasteiger partial charge >= 0.3 is 0 Å². The number of anilines is 2. The van der Waals surface area contributed by atoms with Gasteiger partial charge < -0.3 is 20.3 Å². The second-order valence-electron chi connectivity index (χ2n) is 10.0. The Hall–Kier alpha value is -4.92. The lowest BCUT2D eigenvalue weighted by Crippen LogP contribution is -2.39. The molecule has 2 aliphatic rings. The van der Waals surface area contributed by atoms with Crippen molar-refractivity contribution in [3.8, 4) is 11.4 Å². The topological polar surface area (TPSA) is 111 Å². The van der Waals surface area contributed by atoms with Crippen LogP contribution in [-0.4, -0.2) is 47.7 Å². The molecule has 0 bridgehead atoms. The van der Waals surface area contributed by atoms with Gasteiger partial charge in [0.05, 0.1) is 12.8 Å². The fourth-order valence-corrected chi connectivity index (χ4v) is 5.14. The lowest BCUT2D eigenvalue weighted by Gasteiger charge is -2.29. The Bertz CT molecular complexity index is 1550. The van der Waals surface area contributed by atoms with Crippen LogP contribution in [0.15, 0.2) is 78.9 Å². The number of carbonyl (C=O) groups excluding carboxylic acids is 3. The highest BCUT2D eigenvalue weighted by Crippen LogP contribution is 2.31. The molecule has 41 heavy (non-hydrogen) atoms. The summed E-state index contributed by atoms with van der Waals surface area (Å²) >= 11 is 0. The van der Waals surface area contributed by atoms with Gasteiger partial charge in [-0.25, -0.2) is 4.68 Å². The van der Waals surface area contributed by atoms with Gasteiger partial charge in [0.1, 0.15) is 11.4 Å². The number of fused-ring (bicyclic) bond motifs is 1. The summed E-state index contributed by atoms with van der Waals surface area (Å²) in [7, 11) is 1.57. The Morgan fingerprint density at radius 3 is 2.00 bits per heavy atom. The third-order valence-corrected chi connectivity index (χ3v) is 7.30. The molecule has 210 valence electrons. The molecule has 0 radical (unpaired) electrons. The second kappa shape index (κ2) is 12.1. The number of ether oxygens (including phenoxy) is 1. The van der Waals surface area contributed by atoms with Crippen molar-refractivity contribution in [1.29, 1.82) is 0 Å². The van der Waals surface area contributed by atoms with Gasteiger partial charge in [-0.2, -0.15) is 5.10 Å². The molecule has 1 aromatic heterocycles. The first-order valence-electron chi connectivity index (χ1n) is 13.7. The van der Waals surface area contributed by atoms with Crippen LogP contribution < -0.4 is 20.3 Å². The molecule has 1 saturated heterocycles. The third kappa shape index (κ3) is 5.84. The van der Waals surface area contributed by atoms with E-state index in [1.54, 1.807) is 41.2 Å². The Morgan fingerprint density at radius 2 is 1.44 bits per heavy atom. The number of nitrogens with two attached hydrogens (primary N) is 1. The molecule has 0 spiro atoms. The smallest absolute Gasteiger partial charge is 0.277 e. The van der Waals surface area contributed by atoms with Gasteiger partial charge in [-0.3, -0.25) is 14.4 Å². The van der Waals surface area contributed by atoms with E-state index in [4.69, 9.17) is 10.5 Å². The minimum atomic E-state index is -0.666. The van der Waals surface area contributed by atoms with Crippen LogP contribution in [0.1, 0.15) is 51.4 Å². The molecule has 4 aromatic rings. The Balaban J connectivity index is 0.000000423. The van der Waals surface area contributed by atoms with Gasteiger partial charge in [-0.1, -0.05) is 35.9 Å². The van der Waals surface area contributed by atoms with Crippen LogP contribution in [0.2, 0.25) is 0 Å². The first-order valence-corrected chi connectivity index (χ1v) is 13.7. The van der Waals surface area contributed by atoms with Crippen molar-refractivity contribution >= 4 is 29.1 Å². The number of carbonyl (C=O) groups is 3. The van der Waals surface area contributed by atoms with Gasteiger partial charge in [0.15, 0.2) is 5.69 Å². The van der Waals surface area contributed by atoms with Crippen LogP contribution in [-0.2, 0) is 11.2 Å². The lowest BCUT2D eigenvalue weighted by atomic mass is 10.0. The third-order valence-electron chi connectivity index (χ3n) is 7.30. The van der Waals surface area contributed by atoms with Crippen molar-refractivity contribution in [2.75, 3.05) is 30.0 Å². The average Bonchev–Trinajstić information content (AvgIpc) is 3.40. The highest BCUT2D eigenvalue weighted by Gasteiger charge is 2.34. The summed E-state index contributed by atoms with van der Waals surface area (Å²) in [6.07, 6.45) is 2.92. The zero-order valence-corrected chi connectivity index (χ0v) is 23.2. The summed E-state index contributed by atoms with van der Waals surface area (Å²) in [5.74, 6) is -0.139. The average molecular weight is 552 g/mol. The van der Waals surface area contributed by atoms with Crippen LogP contribution in [0.3, 0.4) is 0 Å². The summed E-state index contributed by atoms with van der Waals surface area (Å²) in [4.78, 5) is 41.4. The van der Waals surface area contributed by atoms with Gasteiger partial charge in [-0.05, 0) is 74.7 Å². The van der Waals surface area contributed by atoms with Gasteiger partial charge in [0.2, 0.25) is 5.91 Å². The highest BCUT2D eigenvalue weighted by atomic mass is 16.5. The van der Waals surface area contributed by atoms with E-state index in [0.29, 0.717) is 54.3 Å². The highest BCUT2D eigenvalue weighted by molar-refractivity contribution is 6.09. The minimum Gasteiger partial charge on any atom is -0.497 e. The molecule has 6 rings (SSSR count). The number of methoxy groups -OCH3 is 1. The van der Waals surface area contributed by atoms with Crippen LogP contribution >= 0.6 is 0 Å². The first kappa shape index (κ1) is 27.6. The van der Waals surface area contributed by atoms with Crippen molar-refractivity contribution < 1.29 is 19.1 Å². The van der Waals surface area contributed by atoms with E-state index >= 15 is 0 Å². The van der Waals surface area contributed by atoms with E-state index in [1.807, 2.05) is 42.5 Å². The number of rotatable bonds is 5. The van der Waals surface area contributed by atoms with E-state index in [-0.39, 0.29) is 17.5 Å². The van der Waals surface area contributed by atoms with Crippen LogP contribution in [0.25, 0.3) is 5.69 Å². The zero-order valence-electron chi connectivity index (χ0n) is 23.2. The summed E-state index contributed by atoms with van der Waals surface area (Å²) in [5, 5.41) is 4.39. The first-order chi connectivity index (χ1) is 19.9. The number of benzene rings is 3. The molecule has 3 aromatic carbocycles. The van der Waals surface area contributed by atoms with Crippen LogP contribution in [0, 0.1) is 6.92 Å². The molecular weight excluding hydrogens is 518 g/mol. The molecule has 1 fully saturated rings. The van der Waals surface area contributed by atoms with E-state index in [0.717, 1.165) is 18.5 Å². The SMILES string of the molecule is COc1ccc(-n2nc(C(N)=O)c3c2C(=O)N(c2ccc(N4CCCCC4=O)cc2)CC3)cc1.Cc1ccccc1. The zero-order chi connectivity index (χ0) is 28.9. The molecule has 3 heterocycles. The molecule has 0 unspecified atom stereocenters. The maximum atomic E-state index is 13.6. The van der Waals surface area contributed by atoms with Crippen molar-refractivity contribution in [2.45, 2.75) is 32.6 Å². The molecule has 2 N–H and O–H groups in total. The van der Waals surface area contributed by atoms with E-state index < -0.39 is 5.91 Å². The predicted octanol–water partition coefficient (Wildman–Crippen LogP) is 4.69. The number of aryl methyl sites for hydroxylation is 1. The normalized spacial score (nSPS) is 14.7. The van der Waals surface area contributed by atoms with Crippen molar-refractivity contribution in [3.63, 3.8) is 0 Å². The molecule has 0 saturated carbocycles. The molecule has 0 aliphatic carbocycles. The minimum absolute atomic E-state index is 0.109.